The Morgan fingerprint density at radius 3 is 2.58 bits per heavy atom. The Hall–Kier alpha value is -2.71. The normalized spacial score (nSPS) is 17.4. The molecule has 0 atom stereocenters. The van der Waals surface area contributed by atoms with Crippen LogP contribution in [0.15, 0.2) is 52.7 Å². The van der Waals surface area contributed by atoms with Crippen molar-refractivity contribution in [2.75, 3.05) is 26.3 Å². The van der Waals surface area contributed by atoms with Crippen LogP contribution >= 0.6 is 11.8 Å². The lowest BCUT2D eigenvalue weighted by molar-refractivity contribution is 0.0303. The number of nitrogens with zero attached hydrogens (tertiary/aromatic N) is 4. The van der Waals surface area contributed by atoms with Crippen LogP contribution in [0.4, 0.5) is 0 Å². The van der Waals surface area contributed by atoms with Gasteiger partial charge in [0.1, 0.15) is 0 Å². The van der Waals surface area contributed by atoms with Crippen LogP contribution in [0.5, 0.6) is 0 Å². The van der Waals surface area contributed by atoms with E-state index in [1.165, 1.54) is 6.42 Å². The van der Waals surface area contributed by atoms with E-state index in [0.717, 1.165) is 36.4 Å². The molecule has 1 aliphatic heterocycles. The number of ether oxygens (including phenoxy) is 1. The fourth-order valence-corrected chi connectivity index (χ4v) is 5.67. The number of amides is 1. The van der Waals surface area contributed by atoms with Gasteiger partial charge in [-0.25, -0.2) is 4.98 Å². The second kappa shape index (κ2) is 10.1. The van der Waals surface area contributed by atoms with Gasteiger partial charge < -0.3 is 9.64 Å². The lowest BCUT2D eigenvalue weighted by Crippen LogP contribution is -2.40. The molecular weight excluding hydrogens is 436 g/mol. The zero-order valence-electron chi connectivity index (χ0n) is 18.6. The lowest BCUT2D eigenvalue weighted by atomic mass is 9.95. The van der Waals surface area contributed by atoms with E-state index in [0.29, 0.717) is 48.5 Å². The second-order valence-electron chi connectivity index (χ2n) is 8.64. The first kappa shape index (κ1) is 22.1. The summed E-state index contributed by atoms with van der Waals surface area (Å²) in [7, 11) is 0. The molecule has 8 heteroatoms. The molecule has 2 aliphatic rings. The molecule has 7 nitrogen and oxygen atoms in total. The number of morpholine rings is 1. The van der Waals surface area contributed by atoms with Crippen LogP contribution in [0.3, 0.4) is 0 Å². The summed E-state index contributed by atoms with van der Waals surface area (Å²) in [5.41, 5.74) is 2.28. The van der Waals surface area contributed by atoms with Gasteiger partial charge in [-0.2, -0.15) is 0 Å². The fraction of sp³-hybridized carbons (Fsp3) is 0.440. The van der Waals surface area contributed by atoms with Crippen molar-refractivity contribution in [1.29, 1.82) is 0 Å². The van der Waals surface area contributed by atoms with Crippen LogP contribution in [-0.2, 0) is 10.5 Å². The largest absolute Gasteiger partial charge is 0.378 e. The maximum atomic E-state index is 13.6. The van der Waals surface area contributed by atoms with Gasteiger partial charge in [-0.15, -0.1) is 0 Å². The minimum absolute atomic E-state index is 0.00509. The second-order valence-corrected chi connectivity index (χ2v) is 9.58. The van der Waals surface area contributed by atoms with E-state index >= 15 is 0 Å². The van der Waals surface area contributed by atoms with Crippen molar-refractivity contribution >= 4 is 28.6 Å². The van der Waals surface area contributed by atoms with Crippen molar-refractivity contribution in [3.05, 3.63) is 64.2 Å². The molecule has 172 valence electrons. The Kier molecular flexibility index (Phi) is 6.73. The van der Waals surface area contributed by atoms with Crippen LogP contribution in [0, 0.1) is 0 Å². The highest BCUT2D eigenvalue weighted by Crippen LogP contribution is 2.32. The summed E-state index contributed by atoms with van der Waals surface area (Å²) in [6, 6.07) is 9.45. The van der Waals surface area contributed by atoms with Crippen molar-refractivity contribution in [2.45, 2.75) is 49.1 Å². The van der Waals surface area contributed by atoms with Gasteiger partial charge in [0.15, 0.2) is 5.16 Å². The van der Waals surface area contributed by atoms with Crippen molar-refractivity contribution in [3.8, 4) is 0 Å². The number of pyridine rings is 1. The summed E-state index contributed by atoms with van der Waals surface area (Å²) < 4.78 is 7.28. The molecular formula is C25H28N4O3S. The van der Waals surface area contributed by atoms with Gasteiger partial charge in [-0.1, -0.05) is 31.0 Å². The molecule has 2 aromatic heterocycles. The van der Waals surface area contributed by atoms with Crippen LogP contribution in [-0.4, -0.2) is 51.6 Å². The van der Waals surface area contributed by atoms with Gasteiger partial charge in [-0.3, -0.25) is 19.1 Å². The molecule has 1 saturated carbocycles. The van der Waals surface area contributed by atoms with E-state index in [9.17, 15) is 9.59 Å². The predicted molar refractivity (Wildman–Crippen MR) is 129 cm³/mol. The number of carbonyl (C=O) groups excluding carboxylic acids is 1. The molecule has 1 aromatic carbocycles. The van der Waals surface area contributed by atoms with Crippen molar-refractivity contribution in [1.82, 2.24) is 19.4 Å². The van der Waals surface area contributed by atoms with Crippen molar-refractivity contribution in [2.24, 2.45) is 0 Å². The molecule has 1 amide bonds. The molecule has 0 bridgehead atoms. The molecule has 3 heterocycles. The molecule has 1 aliphatic carbocycles. The van der Waals surface area contributed by atoms with Crippen LogP contribution < -0.4 is 5.56 Å². The highest BCUT2D eigenvalue weighted by Gasteiger charge is 2.24. The van der Waals surface area contributed by atoms with Crippen molar-refractivity contribution in [3.63, 3.8) is 0 Å². The minimum atomic E-state index is -0.0375. The van der Waals surface area contributed by atoms with E-state index in [-0.39, 0.29) is 17.5 Å². The third-order valence-electron chi connectivity index (χ3n) is 6.47. The maximum Gasteiger partial charge on any atom is 0.262 e. The molecule has 3 aromatic rings. The molecule has 1 saturated heterocycles. The standard InChI is InChI=1S/C25H28N4O3S/c30-23(28-12-14-32-15-13-28)19-6-7-21-22(16-19)27-25(33-17-18-8-10-26-11-9-18)29(24(21)31)20-4-2-1-3-5-20/h6-11,16,20H,1-5,12-15,17H2. The number of hydrogen-bond acceptors (Lipinski definition) is 6. The average Bonchev–Trinajstić information content (AvgIpc) is 2.88. The zero-order valence-corrected chi connectivity index (χ0v) is 19.4. The van der Waals surface area contributed by atoms with Gasteiger partial charge in [-0.05, 0) is 48.7 Å². The highest BCUT2D eigenvalue weighted by molar-refractivity contribution is 7.98. The van der Waals surface area contributed by atoms with Crippen LogP contribution in [0.2, 0.25) is 0 Å². The fourth-order valence-electron chi connectivity index (χ4n) is 4.65. The number of hydrogen-bond donors (Lipinski definition) is 0. The molecule has 0 unspecified atom stereocenters. The summed E-state index contributed by atoms with van der Waals surface area (Å²) >= 11 is 1.58. The van der Waals surface area contributed by atoms with Gasteiger partial charge in [0.25, 0.3) is 11.5 Å². The first-order chi connectivity index (χ1) is 16.2. The number of benzene rings is 1. The van der Waals surface area contributed by atoms with Crippen molar-refractivity contribution < 1.29 is 9.53 Å². The van der Waals surface area contributed by atoms with E-state index in [4.69, 9.17) is 9.72 Å². The van der Waals surface area contributed by atoms with E-state index < -0.39 is 0 Å². The van der Waals surface area contributed by atoms with Gasteiger partial charge in [0, 0.05) is 42.8 Å². The highest BCUT2D eigenvalue weighted by atomic mass is 32.2. The minimum Gasteiger partial charge on any atom is -0.378 e. The summed E-state index contributed by atoms with van der Waals surface area (Å²) in [6.45, 7) is 2.28. The molecule has 2 fully saturated rings. The summed E-state index contributed by atoms with van der Waals surface area (Å²) in [5.74, 6) is 0.670. The smallest absolute Gasteiger partial charge is 0.262 e. The zero-order chi connectivity index (χ0) is 22.6. The Balaban J connectivity index is 1.53. The first-order valence-corrected chi connectivity index (χ1v) is 12.6. The third kappa shape index (κ3) is 4.82. The average molecular weight is 465 g/mol. The molecule has 33 heavy (non-hydrogen) atoms. The van der Waals surface area contributed by atoms with Gasteiger partial charge in [0.2, 0.25) is 0 Å². The van der Waals surface area contributed by atoms with E-state index in [1.807, 2.05) is 16.7 Å². The Morgan fingerprint density at radius 1 is 1.06 bits per heavy atom. The topological polar surface area (TPSA) is 77.3 Å². The Bertz CT molecular complexity index is 1190. The number of thioether (sulfide) groups is 1. The Labute approximate surface area is 197 Å². The SMILES string of the molecule is O=C(c1ccc2c(=O)n(C3CCCCC3)c(SCc3ccncc3)nc2c1)N1CCOCC1. The van der Waals surface area contributed by atoms with E-state index in [1.54, 1.807) is 47.3 Å². The lowest BCUT2D eigenvalue weighted by Gasteiger charge is -2.27. The number of fused-ring (bicyclic) bond motifs is 1. The summed E-state index contributed by atoms with van der Waals surface area (Å²) in [4.78, 5) is 37.4. The maximum absolute atomic E-state index is 13.6. The molecule has 0 N–H and O–H groups in total. The first-order valence-electron chi connectivity index (χ1n) is 11.7. The third-order valence-corrected chi connectivity index (χ3v) is 7.50. The van der Waals surface area contributed by atoms with Crippen LogP contribution in [0.1, 0.15) is 54.1 Å². The molecule has 0 spiro atoms. The number of rotatable bonds is 5. The molecule has 0 radical (unpaired) electrons. The predicted octanol–water partition coefficient (Wildman–Crippen LogP) is 4.06. The summed E-state index contributed by atoms with van der Waals surface area (Å²) in [5, 5.41) is 1.31. The molecule has 5 rings (SSSR count). The van der Waals surface area contributed by atoms with E-state index in [2.05, 4.69) is 4.98 Å². The quantitative estimate of drug-likeness (QED) is 0.419. The van der Waals surface area contributed by atoms with Gasteiger partial charge in [0.05, 0.1) is 24.1 Å². The number of aromatic nitrogens is 3. The monoisotopic (exact) mass is 464 g/mol. The number of carbonyl (C=O) groups is 1. The van der Waals surface area contributed by atoms with Crippen LogP contribution in [0.25, 0.3) is 10.9 Å². The summed E-state index contributed by atoms with van der Waals surface area (Å²) in [6.07, 6.45) is 9.06. The van der Waals surface area contributed by atoms with Gasteiger partial charge >= 0.3 is 0 Å². The Morgan fingerprint density at radius 2 is 1.82 bits per heavy atom.